The van der Waals surface area contributed by atoms with Gasteiger partial charge in [0.2, 0.25) is 5.69 Å². The van der Waals surface area contributed by atoms with Crippen LogP contribution in [0.1, 0.15) is 11.3 Å². The van der Waals surface area contributed by atoms with Crippen molar-refractivity contribution in [1.29, 1.82) is 0 Å². The summed E-state index contributed by atoms with van der Waals surface area (Å²) in [4.78, 5) is 12.2. The highest BCUT2D eigenvalue weighted by Crippen LogP contribution is 2.36. The van der Waals surface area contributed by atoms with Crippen molar-refractivity contribution in [2.75, 3.05) is 5.32 Å². The average Bonchev–Trinajstić information content (AvgIpc) is 2.99. The lowest BCUT2D eigenvalue weighted by molar-refractivity contribution is -0.142. The maximum absolute atomic E-state index is 14.4. The molecule has 0 unspecified atom stereocenters. The third-order valence-corrected chi connectivity index (χ3v) is 4.38. The number of aromatic nitrogens is 2. The second kappa shape index (κ2) is 7.75. The molecule has 0 bridgehead atoms. The van der Waals surface area contributed by atoms with E-state index < -0.39 is 29.5 Å². The van der Waals surface area contributed by atoms with Gasteiger partial charge in [-0.25, -0.2) is 9.18 Å². The molecule has 10 heteroatoms. The molecule has 0 aliphatic carbocycles. The van der Waals surface area contributed by atoms with Crippen LogP contribution in [0.15, 0.2) is 42.6 Å². The lowest BCUT2D eigenvalue weighted by Crippen LogP contribution is -2.19. The van der Waals surface area contributed by atoms with Gasteiger partial charge in [0, 0.05) is 23.2 Å². The number of ether oxygens (including phenoxy) is 1. The van der Waals surface area contributed by atoms with Crippen molar-refractivity contribution in [2.45, 2.75) is 13.1 Å². The summed E-state index contributed by atoms with van der Waals surface area (Å²) in [7, 11) is 1.26. The Morgan fingerprint density at radius 1 is 1.21 bits per heavy atom. The van der Waals surface area contributed by atoms with E-state index in [1.807, 2.05) is 0 Å². The van der Waals surface area contributed by atoms with Crippen LogP contribution in [0.3, 0.4) is 0 Å². The lowest BCUT2D eigenvalue weighted by atomic mass is 10.0. The zero-order valence-corrected chi connectivity index (χ0v) is 15.9. The second-order valence-electron chi connectivity index (χ2n) is 6.15. The molecular formula is C19H14ClF4N3O2. The number of para-hydroxylation sites is 1. The predicted octanol–water partition coefficient (Wildman–Crippen LogP) is 5.82. The molecule has 5 nitrogen and oxygen atoms in total. The van der Waals surface area contributed by atoms with Crippen LogP contribution in [-0.4, -0.2) is 15.9 Å². The van der Waals surface area contributed by atoms with Crippen LogP contribution >= 0.6 is 11.6 Å². The van der Waals surface area contributed by atoms with Gasteiger partial charge in [-0.1, -0.05) is 29.8 Å². The number of rotatable bonds is 3. The largest absolute Gasteiger partial charge is 0.438 e. The average molecular weight is 428 g/mol. The van der Waals surface area contributed by atoms with Crippen LogP contribution in [-0.2, 0) is 13.2 Å². The molecule has 0 saturated carbocycles. The predicted molar refractivity (Wildman–Crippen MR) is 99.4 cm³/mol. The van der Waals surface area contributed by atoms with E-state index in [9.17, 15) is 22.4 Å². The van der Waals surface area contributed by atoms with Gasteiger partial charge in [-0.2, -0.15) is 18.3 Å². The van der Waals surface area contributed by atoms with Gasteiger partial charge in [0.1, 0.15) is 5.82 Å². The highest BCUT2D eigenvalue weighted by molar-refractivity contribution is 6.31. The maximum Gasteiger partial charge on any atom is 0.438 e. The molecule has 0 aliphatic rings. The number of hydrogen-bond donors (Lipinski definition) is 1. The van der Waals surface area contributed by atoms with Crippen LogP contribution in [0.5, 0.6) is 5.75 Å². The smallest absolute Gasteiger partial charge is 0.406 e. The molecule has 1 aromatic heterocycles. The van der Waals surface area contributed by atoms with Gasteiger partial charge in [0.25, 0.3) is 0 Å². The Hall–Kier alpha value is -3.07. The third kappa shape index (κ3) is 4.51. The number of carbonyl (C=O) groups excluding carboxylic acids is 1. The maximum atomic E-state index is 14.4. The molecule has 1 amide bonds. The first-order chi connectivity index (χ1) is 13.6. The van der Waals surface area contributed by atoms with Gasteiger partial charge in [-0.3, -0.25) is 10.00 Å². The molecule has 3 rings (SSSR count). The number of benzene rings is 2. The highest BCUT2D eigenvalue weighted by atomic mass is 35.5. The standard InChI is InChI=1S/C19H14ClF4N3O2/c1-10-7-12(14(21)8-13(10)20)11-5-3-4-6-15(11)25-18(28)29-16-9-27(2)26-17(16)19(22,23)24/h3-9H,1-2H3,(H,25,28). The first-order valence-corrected chi connectivity index (χ1v) is 8.58. The van der Waals surface area contributed by atoms with E-state index in [1.54, 1.807) is 25.1 Å². The number of carbonyl (C=O) groups is 1. The normalized spacial score (nSPS) is 11.4. The summed E-state index contributed by atoms with van der Waals surface area (Å²) in [5, 5.41) is 5.85. The second-order valence-corrected chi connectivity index (χ2v) is 6.56. The number of amides is 1. The fourth-order valence-corrected chi connectivity index (χ4v) is 2.81. The Kier molecular flexibility index (Phi) is 5.52. The minimum absolute atomic E-state index is 0.149. The molecule has 0 atom stereocenters. The molecule has 1 heterocycles. The van der Waals surface area contributed by atoms with Crippen molar-refractivity contribution in [1.82, 2.24) is 9.78 Å². The Labute approximate surface area is 167 Å². The number of nitrogens with zero attached hydrogens (tertiary/aromatic N) is 2. The van der Waals surface area contributed by atoms with Crippen molar-refractivity contribution in [3.05, 3.63) is 64.7 Å². The summed E-state index contributed by atoms with van der Waals surface area (Å²) in [6, 6.07) is 8.86. The van der Waals surface area contributed by atoms with E-state index in [-0.39, 0.29) is 16.3 Å². The first kappa shape index (κ1) is 20.7. The summed E-state index contributed by atoms with van der Waals surface area (Å²) in [6.07, 6.45) is -5.04. The first-order valence-electron chi connectivity index (χ1n) is 8.21. The Balaban J connectivity index is 1.90. The monoisotopic (exact) mass is 427 g/mol. The number of hydrogen-bond acceptors (Lipinski definition) is 3. The van der Waals surface area contributed by atoms with Gasteiger partial charge in [-0.05, 0) is 30.7 Å². The number of nitrogens with one attached hydrogen (secondary N) is 1. The van der Waals surface area contributed by atoms with E-state index in [0.717, 1.165) is 16.9 Å². The Morgan fingerprint density at radius 2 is 1.90 bits per heavy atom. The quantitative estimate of drug-likeness (QED) is 0.536. The zero-order chi connectivity index (χ0) is 21.3. The van der Waals surface area contributed by atoms with Gasteiger partial charge in [-0.15, -0.1) is 0 Å². The minimum Gasteiger partial charge on any atom is -0.406 e. The number of aryl methyl sites for hydroxylation is 2. The van der Waals surface area contributed by atoms with Crippen LogP contribution in [0.25, 0.3) is 11.1 Å². The molecule has 152 valence electrons. The SMILES string of the molecule is Cc1cc(-c2ccccc2NC(=O)Oc2cn(C)nc2C(F)(F)F)c(F)cc1Cl. The molecule has 3 aromatic rings. The summed E-state index contributed by atoms with van der Waals surface area (Å²) in [5.74, 6) is -1.36. The van der Waals surface area contributed by atoms with Crippen molar-refractivity contribution in [2.24, 2.45) is 7.05 Å². The molecule has 2 aromatic carbocycles. The van der Waals surface area contributed by atoms with Crippen molar-refractivity contribution in [3.8, 4) is 16.9 Å². The number of alkyl halides is 3. The van der Waals surface area contributed by atoms with Gasteiger partial charge < -0.3 is 4.74 Å². The molecule has 29 heavy (non-hydrogen) atoms. The van der Waals surface area contributed by atoms with E-state index in [0.29, 0.717) is 11.1 Å². The highest BCUT2D eigenvalue weighted by Gasteiger charge is 2.38. The van der Waals surface area contributed by atoms with Gasteiger partial charge in [0.15, 0.2) is 5.75 Å². The molecule has 0 saturated heterocycles. The van der Waals surface area contributed by atoms with Crippen LogP contribution in [0.4, 0.5) is 28.0 Å². The number of anilines is 1. The molecule has 0 spiro atoms. The fraction of sp³-hybridized carbons (Fsp3) is 0.158. The Bertz CT molecular complexity index is 1080. The minimum atomic E-state index is -4.79. The lowest BCUT2D eigenvalue weighted by Gasteiger charge is -2.13. The van der Waals surface area contributed by atoms with Crippen LogP contribution in [0.2, 0.25) is 5.02 Å². The van der Waals surface area contributed by atoms with E-state index >= 15 is 0 Å². The summed E-state index contributed by atoms with van der Waals surface area (Å²) < 4.78 is 59.1. The van der Waals surface area contributed by atoms with Crippen molar-refractivity contribution < 1.29 is 27.1 Å². The molecule has 0 radical (unpaired) electrons. The van der Waals surface area contributed by atoms with Crippen molar-refractivity contribution >= 4 is 23.4 Å². The Morgan fingerprint density at radius 3 is 2.59 bits per heavy atom. The number of halogens is 5. The summed E-state index contributed by atoms with van der Waals surface area (Å²) in [6.45, 7) is 1.69. The van der Waals surface area contributed by atoms with E-state index in [4.69, 9.17) is 16.3 Å². The summed E-state index contributed by atoms with van der Waals surface area (Å²) >= 11 is 5.91. The van der Waals surface area contributed by atoms with Crippen LogP contribution < -0.4 is 10.1 Å². The third-order valence-electron chi connectivity index (χ3n) is 3.97. The van der Waals surface area contributed by atoms with E-state index in [1.165, 1.54) is 19.2 Å². The van der Waals surface area contributed by atoms with Gasteiger partial charge in [0.05, 0.1) is 11.9 Å². The van der Waals surface area contributed by atoms with Gasteiger partial charge >= 0.3 is 12.3 Å². The molecular weight excluding hydrogens is 414 g/mol. The topological polar surface area (TPSA) is 56.1 Å². The van der Waals surface area contributed by atoms with Crippen molar-refractivity contribution in [3.63, 3.8) is 0 Å². The fourth-order valence-electron chi connectivity index (χ4n) is 2.66. The molecule has 0 fully saturated rings. The summed E-state index contributed by atoms with van der Waals surface area (Å²) in [5.41, 5.74) is -0.0897. The van der Waals surface area contributed by atoms with Crippen LogP contribution in [0, 0.1) is 12.7 Å². The molecule has 0 aliphatic heterocycles. The molecule has 1 N–H and O–H groups in total. The zero-order valence-electron chi connectivity index (χ0n) is 15.1. The van der Waals surface area contributed by atoms with E-state index in [2.05, 4.69) is 10.4 Å².